The van der Waals surface area contributed by atoms with Crippen molar-refractivity contribution in [1.29, 1.82) is 0 Å². The number of nitrogens with zero attached hydrogens (tertiary/aromatic N) is 1. The van der Waals surface area contributed by atoms with E-state index in [9.17, 15) is 4.79 Å². The van der Waals surface area contributed by atoms with Gasteiger partial charge in [0.05, 0.1) is 13.3 Å². The standard InChI is InChI=1S/C11H12N2O2/c1-3-10(14)9-6-13-11-8(9)4-7(15-2)5-12-11/h4-6H,3H2,1-2H3,(H,12,13). The Balaban J connectivity index is 2.61. The maximum absolute atomic E-state index is 11.6. The molecular weight excluding hydrogens is 192 g/mol. The third-order valence-electron chi connectivity index (χ3n) is 2.36. The number of aromatic amines is 1. The minimum atomic E-state index is 0.108. The number of H-pyrrole nitrogens is 1. The first-order chi connectivity index (χ1) is 7.26. The molecule has 2 aromatic heterocycles. The van der Waals surface area contributed by atoms with Gasteiger partial charge in [0, 0.05) is 23.6 Å². The number of ketones is 1. The number of aromatic nitrogens is 2. The van der Waals surface area contributed by atoms with E-state index in [1.165, 1.54) is 0 Å². The molecule has 0 amide bonds. The number of fused-ring (bicyclic) bond motifs is 1. The van der Waals surface area contributed by atoms with Crippen molar-refractivity contribution in [3.05, 3.63) is 24.0 Å². The minimum absolute atomic E-state index is 0.108. The molecular formula is C11H12N2O2. The van der Waals surface area contributed by atoms with Crippen LogP contribution in [0.2, 0.25) is 0 Å². The van der Waals surface area contributed by atoms with Gasteiger partial charge in [-0.2, -0.15) is 0 Å². The topological polar surface area (TPSA) is 55.0 Å². The van der Waals surface area contributed by atoms with E-state index in [0.717, 1.165) is 5.39 Å². The summed E-state index contributed by atoms with van der Waals surface area (Å²) in [6.07, 6.45) is 3.81. The maximum Gasteiger partial charge on any atom is 0.164 e. The van der Waals surface area contributed by atoms with Gasteiger partial charge < -0.3 is 9.72 Å². The summed E-state index contributed by atoms with van der Waals surface area (Å²) < 4.78 is 5.07. The van der Waals surface area contributed by atoms with Gasteiger partial charge in [0.1, 0.15) is 11.4 Å². The van der Waals surface area contributed by atoms with Crippen molar-refractivity contribution >= 4 is 16.8 Å². The summed E-state index contributed by atoms with van der Waals surface area (Å²) >= 11 is 0. The van der Waals surface area contributed by atoms with Crippen LogP contribution in [0.4, 0.5) is 0 Å². The molecule has 4 nitrogen and oxygen atoms in total. The summed E-state index contributed by atoms with van der Waals surface area (Å²) in [7, 11) is 1.58. The zero-order valence-electron chi connectivity index (χ0n) is 8.70. The summed E-state index contributed by atoms with van der Waals surface area (Å²) in [5.74, 6) is 0.767. The Kier molecular flexibility index (Phi) is 2.41. The summed E-state index contributed by atoms with van der Waals surface area (Å²) in [5, 5.41) is 0.821. The van der Waals surface area contributed by atoms with Crippen LogP contribution in [0, 0.1) is 0 Å². The SMILES string of the molecule is CCC(=O)c1c[nH]c2ncc(OC)cc12. The highest BCUT2D eigenvalue weighted by Gasteiger charge is 2.11. The van der Waals surface area contributed by atoms with E-state index in [1.54, 1.807) is 19.5 Å². The number of ether oxygens (including phenoxy) is 1. The summed E-state index contributed by atoms with van der Waals surface area (Å²) in [6.45, 7) is 1.84. The molecule has 0 aliphatic carbocycles. The zero-order valence-corrected chi connectivity index (χ0v) is 8.70. The van der Waals surface area contributed by atoms with Crippen LogP contribution in [0.5, 0.6) is 5.75 Å². The average molecular weight is 204 g/mol. The van der Waals surface area contributed by atoms with E-state index in [2.05, 4.69) is 9.97 Å². The van der Waals surface area contributed by atoms with Crippen molar-refractivity contribution in [1.82, 2.24) is 9.97 Å². The van der Waals surface area contributed by atoms with Gasteiger partial charge in [0.15, 0.2) is 5.78 Å². The predicted molar refractivity (Wildman–Crippen MR) is 57.3 cm³/mol. The molecule has 0 unspecified atom stereocenters. The third-order valence-corrected chi connectivity index (χ3v) is 2.36. The molecule has 0 aliphatic heterocycles. The molecule has 1 N–H and O–H groups in total. The highest BCUT2D eigenvalue weighted by molar-refractivity contribution is 6.07. The number of pyridine rings is 1. The lowest BCUT2D eigenvalue weighted by Crippen LogP contribution is -1.94. The quantitative estimate of drug-likeness (QED) is 0.779. The number of methoxy groups -OCH3 is 1. The predicted octanol–water partition coefficient (Wildman–Crippen LogP) is 2.16. The summed E-state index contributed by atoms with van der Waals surface area (Å²) in [4.78, 5) is 18.7. The van der Waals surface area contributed by atoms with Crippen molar-refractivity contribution in [2.24, 2.45) is 0 Å². The molecule has 0 bridgehead atoms. The lowest BCUT2D eigenvalue weighted by atomic mass is 10.1. The molecule has 0 aromatic carbocycles. The molecule has 0 aliphatic rings. The maximum atomic E-state index is 11.6. The van der Waals surface area contributed by atoms with E-state index in [0.29, 0.717) is 23.4 Å². The van der Waals surface area contributed by atoms with E-state index in [-0.39, 0.29) is 5.78 Å². The van der Waals surface area contributed by atoms with Gasteiger partial charge in [0.2, 0.25) is 0 Å². The molecule has 2 aromatic rings. The van der Waals surface area contributed by atoms with Crippen LogP contribution < -0.4 is 4.74 Å². The molecule has 2 rings (SSSR count). The molecule has 78 valence electrons. The Morgan fingerprint density at radius 3 is 3.07 bits per heavy atom. The Morgan fingerprint density at radius 1 is 1.60 bits per heavy atom. The molecule has 0 fully saturated rings. The number of rotatable bonds is 3. The van der Waals surface area contributed by atoms with Gasteiger partial charge in [-0.3, -0.25) is 4.79 Å². The van der Waals surface area contributed by atoms with Crippen molar-refractivity contribution in [3.8, 4) is 5.75 Å². The van der Waals surface area contributed by atoms with E-state index < -0.39 is 0 Å². The Morgan fingerprint density at radius 2 is 2.40 bits per heavy atom. The van der Waals surface area contributed by atoms with Crippen LogP contribution in [0.25, 0.3) is 11.0 Å². The molecule has 0 saturated heterocycles. The van der Waals surface area contributed by atoms with Gasteiger partial charge in [-0.15, -0.1) is 0 Å². The number of carbonyl (C=O) groups excluding carboxylic acids is 1. The van der Waals surface area contributed by atoms with Crippen LogP contribution >= 0.6 is 0 Å². The first-order valence-corrected chi connectivity index (χ1v) is 4.80. The molecule has 0 saturated carbocycles. The fraction of sp³-hybridized carbons (Fsp3) is 0.273. The van der Waals surface area contributed by atoms with Crippen molar-refractivity contribution in [3.63, 3.8) is 0 Å². The lowest BCUT2D eigenvalue weighted by molar-refractivity contribution is 0.0990. The molecule has 0 radical (unpaired) electrons. The van der Waals surface area contributed by atoms with Crippen LogP contribution in [0.15, 0.2) is 18.5 Å². The third kappa shape index (κ3) is 1.58. The number of hydrogen-bond donors (Lipinski definition) is 1. The van der Waals surface area contributed by atoms with E-state index in [4.69, 9.17) is 4.74 Å². The van der Waals surface area contributed by atoms with E-state index >= 15 is 0 Å². The second kappa shape index (κ2) is 3.73. The summed E-state index contributed by atoms with van der Waals surface area (Å²) in [6, 6.07) is 1.82. The van der Waals surface area contributed by atoms with Gasteiger partial charge in [-0.05, 0) is 6.07 Å². The molecule has 0 atom stereocenters. The van der Waals surface area contributed by atoms with Gasteiger partial charge in [-0.1, -0.05) is 6.92 Å². The molecule has 2 heterocycles. The second-order valence-electron chi connectivity index (χ2n) is 3.25. The number of hydrogen-bond acceptors (Lipinski definition) is 3. The Bertz CT molecular complexity index is 502. The van der Waals surface area contributed by atoms with Crippen molar-refractivity contribution in [2.75, 3.05) is 7.11 Å². The van der Waals surface area contributed by atoms with E-state index in [1.807, 2.05) is 13.0 Å². The average Bonchev–Trinajstić information content (AvgIpc) is 2.70. The fourth-order valence-electron chi connectivity index (χ4n) is 1.52. The molecule has 4 heteroatoms. The largest absolute Gasteiger partial charge is 0.495 e. The number of nitrogens with one attached hydrogen (secondary N) is 1. The zero-order chi connectivity index (χ0) is 10.8. The Hall–Kier alpha value is -1.84. The highest BCUT2D eigenvalue weighted by atomic mass is 16.5. The minimum Gasteiger partial charge on any atom is -0.495 e. The van der Waals surface area contributed by atoms with Gasteiger partial charge >= 0.3 is 0 Å². The lowest BCUT2D eigenvalue weighted by Gasteiger charge is -1.99. The molecule has 15 heavy (non-hydrogen) atoms. The number of Topliss-reactive ketones (excluding diaryl/α,β-unsaturated/α-hetero) is 1. The van der Waals surface area contributed by atoms with Crippen molar-refractivity contribution in [2.45, 2.75) is 13.3 Å². The van der Waals surface area contributed by atoms with Gasteiger partial charge in [0.25, 0.3) is 0 Å². The highest BCUT2D eigenvalue weighted by Crippen LogP contribution is 2.22. The van der Waals surface area contributed by atoms with Crippen molar-refractivity contribution < 1.29 is 9.53 Å². The van der Waals surface area contributed by atoms with Crippen LogP contribution in [-0.2, 0) is 0 Å². The first-order valence-electron chi connectivity index (χ1n) is 4.80. The van der Waals surface area contributed by atoms with Crippen LogP contribution in [-0.4, -0.2) is 22.9 Å². The monoisotopic (exact) mass is 204 g/mol. The fourth-order valence-corrected chi connectivity index (χ4v) is 1.52. The number of carbonyl (C=O) groups is 1. The second-order valence-corrected chi connectivity index (χ2v) is 3.25. The smallest absolute Gasteiger partial charge is 0.164 e. The summed E-state index contributed by atoms with van der Waals surface area (Å²) in [5.41, 5.74) is 1.39. The van der Waals surface area contributed by atoms with Crippen LogP contribution in [0.3, 0.4) is 0 Å². The molecule has 0 spiro atoms. The van der Waals surface area contributed by atoms with Crippen LogP contribution in [0.1, 0.15) is 23.7 Å². The van der Waals surface area contributed by atoms with Gasteiger partial charge in [-0.25, -0.2) is 4.98 Å². The normalized spacial score (nSPS) is 10.5. The Labute approximate surface area is 87.3 Å². The first kappa shape index (κ1) is 9.71.